The highest BCUT2D eigenvalue weighted by Gasteiger charge is 2.18. The summed E-state index contributed by atoms with van der Waals surface area (Å²) in [4.78, 5) is 24.5. The average molecular weight is 927 g/mol. The average Bonchev–Trinajstić information content (AvgIpc) is 3.32. The molecule has 3 N–H and O–H groups in total. The molecule has 0 spiro atoms. The van der Waals surface area contributed by atoms with Crippen LogP contribution in [0, 0.1) is 0 Å². The predicted molar refractivity (Wildman–Crippen MR) is 287 cm³/mol. The number of carbonyl (C=O) groups excluding carboxylic acids is 2. The van der Waals surface area contributed by atoms with E-state index in [4.69, 9.17) is 4.74 Å². The molecule has 0 saturated heterocycles. The van der Waals surface area contributed by atoms with E-state index in [1.807, 2.05) is 6.08 Å². The molecule has 0 fully saturated rings. The summed E-state index contributed by atoms with van der Waals surface area (Å²) in [5.74, 6) is -0.0970. The van der Waals surface area contributed by atoms with Crippen molar-refractivity contribution >= 4 is 11.9 Å². The molecular formula is C60H111NO5. The van der Waals surface area contributed by atoms with Gasteiger partial charge >= 0.3 is 5.97 Å². The third-order valence-corrected chi connectivity index (χ3v) is 13.1. The zero-order valence-electron chi connectivity index (χ0n) is 43.9. The Morgan fingerprint density at radius 2 is 0.758 bits per heavy atom. The Balaban J connectivity index is 3.49. The molecule has 0 aliphatic heterocycles. The highest BCUT2D eigenvalue weighted by molar-refractivity contribution is 5.76. The lowest BCUT2D eigenvalue weighted by atomic mass is 10.0. The van der Waals surface area contributed by atoms with Crippen molar-refractivity contribution in [2.75, 3.05) is 13.2 Å². The fourth-order valence-corrected chi connectivity index (χ4v) is 8.62. The number of ether oxygens (including phenoxy) is 1. The van der Waals surface area contributed by atoms with Crippen LogP contribution < -0.4 is 5.32 Å². The number of aliphatic hydroxyl groups is 2. The van der Waals surface area contributed by atoms with Crippen molar-refractivity contribution in [3.63, 3.8) is 0 Å². The molecule has 1 amide bonds. The van der Waals surface area contributed by atoms with Gasteiger partial charge in [0, 0.05) is 12.8 Å². The highest BCUT2D eigenvalue weighted by atomic mass is 16.5. The van der Waals surface area contributed by atoms with Gasteiger partial charge in [0.1, 0.15) is 0 Å². The van der Waals surface area contributed by atoms with Crippen LogP contribution >= 0.6 is 0 Å². The lowest BCUT2D eigenvalue weighted by Crippen LogP contribution is -2.45. The first-order chi connectivity index (χ1) is 32.5. The minimum absolute atomic E-state index is 0.0176. The molecule has 386 valence electrons. The number of allylic oxidation sites excluding steroid dienone is 7. The van der Waals surface area contributed by atoms with Gasteiger partial charge in [-0.05, 0) is 89.9 Å². The van der Waals surface area contributed by atoms with Crippen molar-refractivity contribution in [1.82, 2.24) is 5.32 Å². The molecule has 66 heavy (non-hydrogen) atoms. The molecule has 6 nitrogen and oxygen atoms in total. The van der Waals surface area contributed by atoms with E-state index in [9.17, 15) is 19.8 Å². The smallest absolute Gasteiger partial charge is 0.305 e. The predicted octanol–water partition coefficient (Wildman–Crippen LogP) is 17.8. The Labute approximate surface area is 410 Å². The topological polar surface area (TPSA) is 95.9 Å². The fourth-order valence-electron chi connectivity index (χ4n) is 8.62. The van der Waals surface area contributed by atoms with Gasteiger partial charge in [0.25, 0.3) is 0 Å². The van der Waals surface area contributed by atoms with E-state index in [1.54, 1.807) is 6.08 Å². The van der Waals surface area contributed by atoms with E-state index >= 15 is 0 Å². The Kier molecular flexibility index (Phi) is 53.6. The number of carbonyl (C=O) groups is 2. The van der Waals surface area contributed by atoms with Crippen molar-refractivity contribution in [3.05, 3.63) is 48.6 Å². The van der Waals surface area contributed by atoms with E-state index in [0.717, 1.165) is 77.0 Å². The first-order valence-corrected chi connectivity index (χ1v) is 28.9. The minimum Gasteiger partial charge on any atom is -0.466 e. The Morgan fingerprint density at radius 1 is 0.424 bits per heavy atom. The van der Waals surface area contributed by atoms with Crippen LogP contribution in [-0.4, -0.2) is 47.4 Å². The van der Waals surface area contributed by atoms with Gasteiger partial charge in [-0.3, -0.25) is 9.59 Å². The molecule has 2 atom stereocenters. The van der Waals surface area contributed by atoms with Crippen LogP contribution in [0.3, 0.4) is 0 Å². The van der Waals surface area contributed by atoms with E-state index in [-0.39, 0.29) is 18.5 Å². The maximum Gasteiger partial charge on any atom is 0.305 e. The Bertz CT molecular complexity index is 1110. The lowest BCUT2D eigenvalue weighted by molar-refractivity contribution is -0.143. The van der Waals surface area contributed by atoms with Gasteiger partial charge in [-0.2, -0.15) is 0 Å². The van der Waals surface area contributed by atoms with Crippen molar-refractivity contribution in [1.29, 1.82) is 0 Å². The van der Waals surface area contributed by atoms with Crippen LogP contribution in [0.2, 0.25) is 0 Å². The first kappa shape index (κ1) is 63.8. The van der Waals surface area contributed by atoms with Crippen LogP contribution in [0.15, 0.2) is 48.6 Å². The zero-order valence-corrected chi connectivity index (χ0v) is 43.9. The lowest BCUT2D eigenvalue weighted by Gasteiger charge is -2.20. The Hall–Kier alpha value is -2.18. The number of hydrogen-bond acceptors (Lipinski definition) is 5. The molecular weight excluding hydrogens is 815 g/mol. The summed E-state index contributed by atoms with van der Waals surface area (Å²) in [5, 5.41) is 23.0. The summed E-state index contributed by atoms with van der Waals surface area (Å²) in [6, 6.07) is -0.635. The van der Waals surface area contributed by atoms with Gasteiger partial charge in [0.15, 0.2) is 0 Å². The second-order valence-electron chi connectivity index (χ2n) is 19.6. The van der Waals surface area contributed by atoms with Gasteiger partial charge in [-0.15, -0.1) is 0 Å². The summed E-state index contributed by atoms with van der Waals surface area (Å²) in [5.41, 5.74) is 0. The standard InChI is InChI=1S/C60H111NO5/c1-3-5-7-9-11-13-15-17-18-19-24-27-30-34-38-42-46-50-54-60(65)66-55-51-47-43-39-35-31-28-25-22-20-21-23-26-29-33-37-41-45-49-53-59(64)61-57(56-62)58(63)52-48-44-40-36-32-16-14-12-10-8-6-4-2/h18-19,25,28,31,35,48,52,57-58,62-63H,3-17,20-24,26-27,29-30,32-34,36-47,49-51,53-56H2,1-2H3,(H,61,64)/b19-18-,28-25-,35-31-,52-48+. The Morgan fingerprint density at radius 3 is 1.17 bits per heavy atom. The first-order valence-electron chi connectivity index (χ1n) is 28.9. The number of esters is 1. The second kappa shape index (κ2) is 55.4. The molecule has 0 aliphatic rings. The molecule has 0 heterocycles. The van der Waals surface area contributed by atoms with Crippen LogP contribution in [0.25, 0.3) is 0 Å². The molecule has 0 aliphatic carbocycles. The maximum absolute atomic E-state index is 12.4. The molecule has 0 aromatic rings. The third kappa shape index (κ3) is 51.2. The van der Waals surface area contributed by atoms with Gasteiger partial charge in [-0.1, -0.05) is 242 Å². The SMILES string of the molecule is CCCCCCCCC/C=C\CCCCCCCCCC(=O)OCCCCC/C=C\C=C/CCCCCCCCCCCCC(=O)NC(CO)C(O)/C=C/CCCCCCCCCCCC. The van der Waals surface area contributed by atoms with Crippen LogP contribution in [0.1, 0.15) is 296 Å². The van der Waals surface area contributed by atoms with Gasteiger partial charge in [-0.25, -0.2) is 0 Å². The summed E-state index contributed by atoms with van der Waals surface area (Å²) >= 11 is 0. The fraction of sp³-hybridized carbons (Fsp3) is 0.833. The van der Waals surface area contributed by atoms with E-state index in [0.29, 0.717) is 19.4 Å². The summed E-state index contributed by atoms with van der Waals surface area (Å²) in [7, 11) is 0. The van der Waals surface area contributed by atoms with Crippen LogP contribution in [0.5, 0.6) is 0 Å². The van der Waals surface area contributed by atoms with E-state index in [1.165, 1.54) is 193 Å². The van der Waals surface area contributed by atoms with Crippen LogP contribution in [0.4, 0.5) is 0 Å². The third-order valence-electron chi connectivity index (χ3n) is 13.1. The van der Waals surface area contributed by atoms with Crippen molar-refractivity contribution in [2.45, 2.75) is 309 Å². The molecule has 0 rings (SSSR count). The van der Waals surface area contributed by atoms with Crippen molar-refractivity contribution in [3.8, 4) is 0 Å². The maximum atomic E-state index is 12.4. The van der Waals surface area contributed by atoms with Gasteiger partial charge < -0.3 is 20.3 Å². The number of rotatable bonds is 53. The number of nitrogens with one attached hydrogen (secondary N) is 1. The van der Waals surface area contributed by atoms with Crippen molar-refractivity contribution in [2.24, 2.45) is 0 Å². The zero-order chi connectivity index (χ0) is 47.9. The van der Waals surface area contributed by atoms with E-state index < -0.39 is 12.1 Å². The van der Waals surface area contributed by atoms with Crippen LogP contribution in [-0.2, 0) is 14.3 Å². The van der Waals surface area contributed by atoms with Crippen molar-refractivity contribution < 1.29 is 24.5 Å². The molecule has 6 heteroatoms. The number of hydrogen-bond donors (Lipinski definition) is 3. The number of aliphatic hydroxyl groups excluding tert-OH is 2. The van der Waals surface area contributed by atoms with Gasteiger partial charge in [0.05, 0.1) is 25.4 Å². The quantitative estimate of drug-likeness (QED) is 0.0244. The second-order valence-corrected chi connectivity index (χ2v) is 19.6. The molecule has 0 aromatic heterocycles. The number of unbranched alkanes of at least 4 members (excludes halogenated alkanes) is 37. The molecule has 0 aromatic carbocycles. The van der Waals surface area contributed by atoms with Gasteiger partial charge in [0.2, 0.25) is 5.91 Å². The highest BCUT2D eigenvalue weighted by Crippen LogP contribution is 2.15. The number of amides is 1. The normalized spacial score (nSPS) is 13.0. The minimum atomic E-state index is -0.851. The molecule has 2 unspecified atom stereocenters. The summed E-state index contributed by atoms with van der Waals surface area (Å²) < 4.78 is 5.46. The van der Waals surface area contributed by atoms with E-state index in [2.05, 4.69) is 55.6 Å². The monoisotopic (exact) mass is 926 g/mol. The molecule has 0 bridgehead atoms. The summed E-state index contributed by atoms with van der Waals surface area (Å²) in [6.45, 7) is 4.85. The summed E-state index contributed by atoms with van der Waals surface area (Å²) in [6.07, 6.45) is 69.9. The largest absolute Gasteiger partial charge is 0.466 e. The molecule has 0 radical (unpaired) electrons. The molecule has 0 saturated carbocycles.